The summed E-state index contributed by atoms with van der Waals surface area (Å²) in [5.41, 5.74) is 2.35. The van der Waals surface area contributed by atoms with E-state index >= 15 is 0 Å². The third-order valence-electron chi connectivity index (χ3n) is 4.66. The molecule has 1 aliphatic heterocycles. The standard InChI is InChI=1S/C19H29F3N4.HI/c1-15-6-10-26(11-7-15)14-17-5-3-4-16(12-17)13-25-18(23-2)24-9-8-19(20,21)22;/h3-5,12,15H,6-11,13-14H2,1-2H3,(H2,23,24,25);1H. The van der Waals surface area contributed by atoms with Crippen molar-refractivity contribution in [2.45, 2.75) is 45.5 Å². The topological polar surface area (TPSA) is 39.7 Å². The number of nitrogens with zero attached hydrogens (tertiary/aromatic N) is 2. The number of hydrogen-bond acceptors (Lipinski definition) is 2. The van der Waals surface area contributed by atoms with Crippen LogP contribution >= 0.6 is 24.0 Å². The van der Waals surface area contributed by atoms with Crippen LogP contribution in [0.5, 0.6) is 0 Å². The summed E-state index contributed by atoms with van der Waals surface area (Å²) in [7, 11) is 1.55. The first kappa shape index (κ1) is 24.0. The number of aliphatic imine (C=N–C) groups is 1. The Morgan fingerprint density at radius 2 is 1.85 bits per heavy atom. The Bertz CT molecular complexity index is 585. The third kappa shape index (κ3) is 9.64. The first-order valence-electron chi connectivity index (χ1n) is 9.17. The summed E-state index contributed by atoms with van der Waals surface area (Å²) in [6.45, 7) is 5.87. The Hall–Kier alpha value is -1.03. The summed E-state index contributed by atoms with van der Waals surface area (Å²) in [6.07, 6.45) is -2.54. The van der Waals surface area contributed by atoms with Crippen molar-refractivity contribution in [3.05, 3.63) is 35.4 Å². The van der Waals surface area contributed by atoms with Crippen molar-refractivity contribution in [1.82, 2.24) is 15.5 Å². The normalized spacial score (nSPS) is 16.7. The molecule has 1 aromatic rings. The summed E-state index contributed by atoms with van der Waals surface area (Å²) in [4.78, 5) is 6.44. The van der Waals surface area contributed by atoms with Crippen molar-refractivity contribution in [2.24, 2.45) is 10.9 Å². The van der Waals surface area contributed by atoms with Gasteiger partial charge in [0.25, 0.3) is 0 Å². The average Bonchev–Trinajstić information content (AvgIpc) is 2.59. The van der Waals surface area contributed by atoms with Gasteiger partial charge in [-0.25, -0.2) is 0 Å². The number of halogens is 4. The molecule has 154 valence electrons. The van der Waals surface area contributed by atoms with Crippen LogP contribution in [0.4, 0.5) is 13.2 Å². The zero-order valence-corrected chi connectivity index (χ0v) is 18.3. The van der Waals surface area contributed by atoms with Gasteiger partial charge in [0.15, 0.2) is 5.96 Å². The molecule has 1 heterocycles. The molecule has 8 heteroatoms. The Labute approximate surface area is 177 Å². The smallest absolute Gasteiger partial charge is 0.356 e. The fourth-order valence-electron chi connectivity index (χ4n) is 3.05. The minimum absolute atomic E-state index is 0. The van der Waals surface area contributed by atoms with Crippen molar-refractivity contribution in [3.8, 4) is 0 Å². The molecule has 2 N–H and O–H groups in total. The van der Waals surface area contributed by atoms with Gasteiger partial charge in [-0.1, -0.05) is 31.2 Å². The molecule has 0 aliphatic carbocycles. The van der Waals surface area contributed by atoms with Gasteiger partial charge in [0.2, 0.25) is 0 Å². The van der Waals surface area contributed by atoms with Crippen molar-refractivity contribution < 1.29 is 13.2 Å². The maximum absolute atomic E-state index is 12.2. The van der Waals surface area contributed by atoms with E-state index in [0.29, 0.717) is 12.5 Å². The van der Waals surface area contributed by atoms with Gasteiger partial charge in [-0.05, 0) is 43.0 Å². The number of piperidine rings is 1. The van der Waals surface area contributed by atoms with Crippen LogP contribution in [0.3, 0.4) is 0 Å². The average molecular weight is 498 g/mol. The predicted octanol–water partition coefficient (Wildman–Crippen LogP) is 4.15. The van der Waals surface area contributed by atoms with E-state index in [0.717, 1.165) is 31.1 Å². The number of benzene rings is 1. The van der Waals surface area contributed by atoms with Crippen LogP contribution in [0.1, 0.15) is 37.3 Å². The second-order valence-electron chi connectivity index (χ2n) is 7.00. The summed E-state index contributed by atoms with van der Waals surface area (Å²) in [5.74, 6) is 1.20. The number of hydrogen-bond donors (Lipinski definition) is 2. The number of alkyl halides is 3. The molecule has 0 saturated carbocycles. The molecule has 2 rings (SSSR count). The number of nitrogens with one attached hydrogen (secondary N) is 2. The number of rotatable bonds is 6. The molecule has 4 nitrogen and oxygen atoms in total. The van der Waals surface area contributed by atoms with E-state index in [-0.39, 0.29) is 30.5 Å². The highest BCUT2D eigenvalue weighted by atomic mass is 127. The highest BCUT2D eigenvalue weighted by Gasteiger charge is 2.26. The highest BCUT2D eigenvalue weighted by molar-refractivity contribution is 14.0. The van der Waals surface area contributed by atoms with E-state index in [9.17, 15) is 13.2 Å². The molecule has 27 heavy (non-hydrogen) atoms. The molecule has 1 aliphatic rings. The lowest BCUT2D eigenvalue weighted by atomic mass is 9.98. The lowest BCUT2D eigenvalue weighted by molar-refractivity contribution is -0.132. The van der Waals surface area contributed by atoms with E-state index in [1.807, 2.05) is 12.1 Å². The lowest BCUT2D eigenvalue weighted by Gasteiger charge is -2.30. The van der Waals surface area contributed by atoms with Gasteiger partial charge in [-0.3, -0.25) is 9.89 Å². The molecular weight excluding hydrogens is 468 g/mol. The van der Waals surface area contributed by atoms with E-state index in [4.69, 9.17) is 0 Å². The molecule has 1 aromatic carbocycles. The zero-order chi connectivity index (χ0) is 19.0. The molecule has 0 unspecified atom stereocenters. The Balaban J connectivity index is 0.00000364. The predicted molar refractivity (Wildman–Crippen MR) is 114 cm³/mol. The van der Waals surface area contributed by atoms with Gasteiger partial charge < -0.3 is 10.6 Å². The molecule has 0 amide bonds. The number of likely N-dealkylation sites (tertiary alicyclic amines) is 1. The van der Waals surface area contributed by atoms with E-state index in [2.05, 4.69) is 39.6 Å². The first-order valence-corrected chi connectivity index (χ1v) is 9.17. The summed E-state index contributed by atoms with van der Waals surface area (Å²) in [5, 5.41) is 5.76. The van der Waals surface area contributed by atoms with Gasteiger partial charge in [0, 0.05) is 26.7 Å². The molecule has 0 bridgehead atoms. The largest absolute Gasteiger partial charge is 0.390 e. The Kier molecular flexibility index (Phi) is 10.4. The van der Waals surface area contributed by atoms with Crippen LogP contribution in [-0.2, 0) is 13.1 Å². The molecule has 0 aromatic heterocycles. The quantitative estimate of drug-likeness (QED) is 0.352. The van der Waals surface area contributed by atoms with Crippen LogP contribution < -0.4 is 10.6 Å². The van der Waals surface area contributed by atoms with Crippen LogP contribution in [-0.4, -0.2) is 43.7 Å². The van der Waals surface area contributed by atoms with Crippen LogP contribution in [0, 0.1) is 5.92 Å². The minimum atomic E-state index is -4.16. The lowest BCUT2D eigenvalue weighted by Crippen LogP contribution is -2.38. The Morgan fingerprint density at radius 1 is 1.19 bits per heavy atom. The fourth-order valence-corrected chi connectivity index (χ4v) is 3.05. The van der Waals surface area contributed by atoms with E-state index in [1.165, 1.54) is 18.4 Å². The Morgan fingerprint density at radius 3 is 2.48 bits per heavy atom. The zero-order valence-electron chi connectivity index (χ0n) is 16.0. The van der Waals surface area contributed by atoms with Crippen LogP contribution in [0.2, 0.25) is 0 Å². The fraction of sp³-hybridized carbons (Fsp3) is 0.632. The molecule has 0 spiro atoms. The maximum atomic E-state index is 12.2. The van der Waals surface area contributed by atoms with Crippen LogP contribution in [0.25, 0.3) is 0 Å². The minimum Gasteiger partial charge on any atom is -0.356 e. The van der Waals surface area contributed by atoms with Crippen molar-refractivity contribution in [2.75, 3.05) is 26.7 Å². The SMILES string of the molecule is CN=C(NCCC(F)(F)F)NCc1cccc(CN2CCC(C)CC2)c1.I. The number of guanidine groups is 1. The van der Waals surface area contributed by atoms with Crippen molar-refractivity contribution in [3.63, 3.8) is 0 Å². The van der Waals surface area contributed by atoms with Gasteiger partial charge in [0.05, 0.1) is 6.42 Å². The molecule has 1 fully saturated rings. The van der Waals surface area contributed by atoms with Gasteiger partial charge in [-0.15, -0.1) is 24.0 Å². The van der Waals surface area contributed by atoms with Gasteiger partial charge in [0.1, 0.15) is 0 Å². The summed E-state index contributed by atoms with van der Waals surface area (Å²) in [6, 6.07) is 8.31. The van der Waals surface area contributed by atoms with E-state index < -0.39 is 12.6 Å². The van der Waals surface area contributed by atoms with Gasteiger partial charge >= 0.3 is 6.18 Å². The first-order chi connectivity index (χ1) is 12.4. The van der Waals surface area contributed by atoms with E-state index in [1.54, 1.807) is 7.05 Å². The molecule has 0 radical (unpaired) electrons. The van der Waals surface area contributed by atoms with Crippen molar-refractivity contribution in [1.29, 1.82) is 0 Å². The van der Waals surface area contributed by atoms with Crippen LogP contribution in [0.15, 0.2) is 29.3 Å². The van der Waals surface area contributed by atoms with Crippen molar-refractivity contribution >= 4 is 29.9 Å². The van der Waals surface area contributed by atoms with Gasteiger partial charge in [-0.2, -0.15) is 13.2 Å². The molecule has 0 atom stereocenters. The second-order valence-corrected chi connectivity index (χ2v) is 7.00. The highest BCUT2D eigenvalue weighted by Crippen LogP contribution is 2.19. The molecular formula is C19H30F3IN4. The third-order valence-corrected chi connectivity index (χ3v) is 4.66. The molecule has 1 saturated heterocycles. The maximum Gasteiger partial charge on any atom is 0.390 e. The summed E-state index contributed by atoms with van der Waals surface area (Å²) >= 11 is 0. The summed E-state index contributed by atoms with van der Waals surface area (Å²) < 4.78 is 36.6. The monoisotopic (exact) mass is 498 g/mol. The second kappa shape index (κ2) is 11.7.